The number of ether oxygens (including phenoxy) is 1. The maximum atomic E-state index is 11.2. The molecule has 76 valence electrons. The molecule has 0 aliphatic heterocycles. The van der Waals surface area contributed by atoms with Crippen LogP contribution in [-0.4, -0.2) is 24.1 Å². The highest BCUT2D eigenvalue weighted by molar-refractivity contribution is 5.76. The molecule has 1 aromatic heterocycles. The van der Waals surface area contributed by atoms with Crippen molar-refractivity contribution in [3.63, 3.8) is 0 Å². The smallest absolute Gasteiger partial charge is 0.323 e. The fourth-order valence-corrected chi connectivity index (χ4v) is 1.19. The molecule has 2 atom stereocenters. The van der Waals surface area contributed by atoms with Gasteiger partial charge in [-0.3, -0.25) is 9.78 Å². The van der Waals surface area contributed by atoms with Crippen LogP contribution in [0.2, 0.25) is 0 Å². The van der Waals surface area contributed by atoms with Gasteiger partial charge in [0.05, 0.1) is 7.11 Å². The van der Waals surface area contributed by atoms with Gasteiger partial charge in [0.1, 0.15) is 6.04 Å². The molecule has 0 spiro atoms. The van der Waals surface area contributed by atoms with Crippen molar-refractivity contribution >= 4 is 5.97 Å². The largest absolute Gasteiger partial charge is 0.468 e. The number of nitrogens with zero attached hydrogens (tertiary/aromatic N) is 1. The second kappa shape index (κ2) is 4.72. The van der Waals surface area contributed by atoms with Crippen molar-refractivity contribution in [2.75, 3.05) is 7.11 Å². The molecule has 1 rings (SSSR count). The molecule has 0 aliphatic carbocycles. The number of aromatic nitrogens is 1. The number of hydrogen-bond donors (Lipinski definition) is 1. The summed E-state index contributed by atoms with van der Waals surface area (Å²) in [5.41, 5.74) is 6.64. The molecule has 14 heavy (non-hydrogen) atoms. The number of rotatable bonds is 3. The fraction of sp³-hybridized carbons (Fsp3) is 0.400. The Kier molecular flexibility index (Phi) is 3.59. The van der Waals surface area contributed by atoms with E-state index < -0.39 is 12.0 Å². The van der Waals surface area contributed by atoms with Crippen LogP contribution in [0.1, 0.15) is 18.4 Å². The summed E-state index contributed by atoms with van der Waals surface area (Å²) < 4.78 is 4.57. The normalized spacial score (nSPS) is 14.5. The van der Waals surface area contributed by atoms with E-state index in [-0.39, 0.29) is 5.92 Å². The van der Waals surface area contributed by atoms with Crippen LogP contribution < -0.4 is 5.73 Å². The van der Waals surface area contributed by atoms with Crippen LogP contribution >= 0.6 is 0 Å². The summed E-state index contributed by atoms with van der Waals surface area (Å²) in [6.07, 6.45) is 3.38. The van der Waals surface area contributed by atoms with E-state index in [2.05, 4.69) is 9.72 Å². The first-order valence-corrected chi connectivity index (χ1v) is 4.40. The standard InChI is InChI=1S/C10H14N2O2/c1-7(9(11)10(13)14-2)8-4-3-5-12-6-8/h3-7,9H,11H2,1-2H3. The van der Waals surface area contributed by atoms with Crippen LogP contribution in [0.4, 0.5) is 0 Å². The van der Waals surface area contributed by atoms with Crippen LogP contribution in [0.5, 0.6) is 0 Å². The number of esters is 1. The molecule has 4 nitrogen and oxygen atoms in total. The molecule has 2 unspecified atom stereocenters. The molecule has 0 aromatic carbocycles. The Morgan fingerprint density at radius 3 is 2.86 bits per heavy atom. The summed E-state index contributed by atoms with van der Waals surface area (Å²) >= 11 is 0. The number of carbonyl (C=O) groups is 1. The molecule has 0 radical (unpaired) electrons. The van der Waals surface area contributed by atoms with Gasteiger partial charge < -0.3 is 10.5 Å². The lowest BCUT2D eigenvalue weighted by Crippen LogP contribution is -2.36. The third-order valence-electron chi connectivity index (χ3n) is 2.22. The highest BCUT2D eigenvalue weighted by Gasteiger charge is 2.22. The van der Waals surface area contributed by atoms with Crippen molar-refractivity contribution in [1.82, 2.24) is 4.98 Å². The van der Waals surface area contributed by atoms with Gasteiger partial charge in [-0.2, -0.15) is 0 Å². The second-order valence-corrected chi connectivity index (χ2v) is 3.12. The van der Waals surface area contributed by atoms with Gasteiger partial charge in [0.2, 0.25) is 0 Å². The Morgan fingerprint density at radius 2 is 2.36 bits per heavy atom. The number of carbonyl (C=O) groups excluding carboxylic acids is 1. The lowest BCUT2D eigenvalue weighted by molar-refractivity contribution is -0.142. The molecular weight excluding hydrogens is 180 g/mol. The molecule has 4 heteroatoms. The molecule has 1 aromatic rings. The van der Waals surface area contributed by atoms with E-state index in [0.717, 1.165) is 5.56 Å². The molecular formula is C10H14N2O2. The van der Waals surface area contributed by atoms with Crippen LogP contribution in [0.25, 0.3) is 0 Å². The first-order valence-electron chi connectivity index (χ1n) is 4.40. The molecule has 0 bridgehead atoms. The third kappa shape index (κ3) is 2.29. The van der Waals surface area contributed by atoms with Gasteiger partial charge in [-0.05, 0) is 11.6 Å². The molecule has 1 heterocycles. The first kappa shape index (κ1) is 10.7. The fourth-order valence-electron chi connectivity index (χ4n) is 1.19. The average molecular weight is 194 g/mol. The maximum absolute atomic E-state index is 11.2. The van der Waals surface area contributed by atoms with Gasteiger partial charge in [0.15, 0.2) is 0 Å². The van der Waals surface area contributed by atoms with Crippen LogP contribution in [0.15, 0.2) is 24.5 Å². The summed E-state index contributed by atoms with van der Waals surface area (Å²) in [5, 5.41) is 0. The van der Waals surface area contributed by atoms with Gasteiger partial charge >= 0.3 is 5.97 Å². The van der Waals surface area contributed by atoms with Crippen LogP contribution in [0.3, 0.4) is 0 Å². The summed E-state index contributed by atoms with van der Waals surface area (Å²) in [5.74, 6) is -0.488. The predicted molar refractivity (Wildman–Crippen MR) is 52.6 cm³/mol. The van der Waals surface area contributed by atoms with Crippen LogP contribution in [-0.2, 0) is 9.53 Å². The molecule has 0 saturated heterocycles. The number of pyridine rings is 1. The van der Waals surface area contributed by atoms with E-state index in [4.69, 9.17) is 5.73 Å². The zero-order chi connectivity index (χ0) is 10.6. The van der Waals surface area contributed by atoms with E-state index in [9.17, 15) is 4.79 Å². The highest BCUT2D eigenvalue weighted by Crippen LogP contribution is 2.17. The summed E-state index contributed by atoms with van der Waals surface area (Å²) in [6, 6.07) is 3.07. The summed E-state index contributed by atoms with van der Waals surface area (Å²) in [7, 11) is 1.33. The minimum atomic E-state index is -0.635. The van der Waals surface area contributed by atoms with Gasteiger partial charge in [0, 0.05) is 18.3 Å². The Hall–Kier alpha value is -1.42. The summed E-state index contributed by atoms with van der Waals surface area (Å²) in [6.45, 7) is 1.87. The van der Waals surface area contributed by atoms with Crippen molar-refractivity contribution in [3.05, 3.63) is 30.1 Å². The van der Waals surface area contributed by atoms with E-state index in [0.29, 0.717) is 0 Å². The second-order valence-electron chi connectivity index (χ2n) is 3.12. The first-order chi connectivity index (χ1) is 6.66. The van der Waals surface area contributed by atoms with E-state index in [1.807, 2.05) is 19.1 Å². The molecule has 0 saturated carbocycles. The molecule has 0 aliphatic rings. The lowest BCUT2D eigenvalue weighted by atomic mass is 9.95. The lowest BCUT2D eigenvalue weighted by Gasteiger charge is -2.17. The topological polar surface area (TPSA) is 65.2 Å². The Balaban J connectivity index is 2.75. The van der Waals surface area contributed by atoms with Crippen molar-refractivity contribution in [2.24, 2.45) is 5.73 Å². The Morgan fingerprint density at radius 1 is 1.64 bits per heavy atom. The molecule has 0 fully saturated rings. The third-order valence-corrected chi connectivity index (χ3v) is 2.22. The van der Waals surface area contributed by atoms with E-state index in [1.165, 1.54) is 7.11 Å². The Labute approximate surface area is 83.1 Å². The van der Waals surface area contributed by atoms with E-state index in [1.54, 1.807) is 12.4 Å². The minimum absolute atomic E-state index is 0.0869. The van der Waals surface area contributed by atoms with Crippen molar-refractivity contribution in [2.45, 2.75) is 18.9 Å². The molecule has 0 amide bonds. The Bertz CT molecular complexity index is 300. The number of methoxy groups -OCH3 is 1. The van der Waals surface area contributed by atoms with Gasteiger partial charge in [-0.25, -0.2) is 0 Å². The highest BCUT2D eigenvalue weighted by atomic mass is 16.5. The van der Waals surface area contributed by atoms with Crippen molar-refractivity contribution < 1.29 is 9.53 Å². The SMILES string of the molecule is COC(=O)C(N)C(C)c1cccnc1. The number of hydrogen-bond acceptors (Lipinski definition) is 4. The van der Waals surface area contributed by atoms with Gasteiger partial charge in [-0.15, -0.1) is 0 Å². The summed E-state index contributed by atoms with van der Waals surface area (Å²) in [4.78, 5) is 15.1. The average Bonchev–Trinajstić information content (AvgIpc) is 2.27. The zero-order valence-electron chi connectivity index (χ0n) is 8.31. The minimum Gasteiger partial charge on any atom is -0.468 e. The van der Waals surface area contributed by atoms with E-state index >= 15 is 0 Å². The predicted octanol–water partition coefficient (Wildman–Crippen LogP) is 0.685. The molecule has 2 N–H and O–H groups in total. The van der Waals surface area contributed by atoms with Gasteiger partial charge in [0.25, 0.3) is 0 Å². The number of nitrogens with two attached hydrogens (primary N) is 1. The maximum Gasteiger partial charge on any atom is 0.323 e. The van der Waals surface area contributed by atoms with Crippen molar-refractivity contribution in [3.8, 4) is 0 Å². The quantitative estimate of drug-likeness (QED) is 0.719. The zero-order valence-corrected chi connectivity index (χ0v) is 8.31. The monoisotopic (exact) mass is 194 g/mol. The van der Waals surface area contributed by atoms with Gasteiger partial charge in [-0.1, -0.05) is 13.0 Å². The van der Waals surface area contributed by atoms with Crippen LogP contribution in [0, 0.1) is 0 Å². The van der Waals surface area contributed by atoms with Crippen molar-refractivity contribution in [1.29, 1.82) is 0 Å².